The van der Waals surface area contributed by atoms with Gasteiger partial charge in [0.2, 0.25) is 5.91 Å². The van der Waals surface area contributed by atoms with Crippen LogP contribution in [0.5, 0.6) is 0 Å². The first-order valence-corrected chi connectivity index (χ1v) is 8.45. The fourth-order valence-electron chi connectivity index (χ4n) is 3.15. The van der Waals surface area contributed by atoms with E-state index < -0.39 is 80.5 Å². The van der Waals surface area contributed by atoms with Gasteiger partial charge in [-0.3, -0.25) is 4.79 Å². The van der Waals surface area contributed by atoms with Gasteiger partial charge < -0.3 is 54.9 Å². The molecule has 0 spiro atoms. The van der Waals surface area contributed by atoms with Crippen molar-refractivity contribution in [2.24, 2.45) is 0 Å². The molecule has 0 aromatic rings. The number of aliphatic hydroxyl groups excluding tert-OH is 6. The van der Waals surface area contributed by atoms with Gasteiger partial charge in [0, 0.05) is 14.0 Å². The van der Waals surface area contributed by atoms with Crippen molar-refractivity contribution in [3.05, 3.63) is 0 Å². The topological polar surface area (TPSA) is 187 Å². The number of rotatable bonds is 6. The quantitative estimate of drug-likeness (QED) is 0.228. The summed E-state index contributed by atoms with van der Waals surface area (Å²) in [5, 5.41) is 61.9. The average Bonchev–Trinajstić information content (AvgIpc) is 2.64. The van der Waals surface area contributed by atoms with Crippen molar-refractivity contribution >= 4 is 5.91 Å². The van der Waals surface area contributed by atoms with E-state index in [1.54, 1.807) is 0 Å². The molecule has 7 N–H and O–H groups in total. The van der Waals surface area contributed by atoms with Gasteiger partial charge in [-0.25, -0.2) is 0 Å². The second-order valence-corrected chi connectivity index (χ2v) is 6.48. The Balaban J connectivity index is 2.24. The van der Waals surface area contributed by atoms with Gasteiger partial charge in [-0.15, -0.1) is 0 Å². The molecule has 0 aliphatic carbocycles. The number of hydrogen-bond donors (Lipinski definition) is 7. The predicted molar refractivity (Wildman–Crippen MR) is 85.0 cm³/mol. The molecule has 2 rings (SSSR count). The molecule has 2 heterocycles. The Morgan fingerprint density at radius 3 is 2.00 bits per heavy atom. The monoisotopic (exact) mass is 397 g/mol. The average molecular weight is 397 g/mol. The van der Waals surface area contributed by atoms with Gasteiger partial charge in [0.15, 0.2) is 12.6 Å². The maximum absolute atomic E-state index is 11.4. The minimum atomic E-state index is -1.55. The highest BCUT2D eigenvalue weighted by Gasteiger charge is 2.51. The second kappa shape index (κ2) is 9.52. The molecule has 0 radical (unpaired) electrons. The van der Waals surface area contributed by atoms with Crippen LogP contribution in [0.4, 0.5) is 0 Å². The lowest BCUT2D eigenvalue weighted by atomic mass is 9.95. The Morgan fingerprint density at radius 2 is 1.48 bits per heavy atom. The van der Waals surface area contributed by atoms with E-state index in [1.165, 1.54) is 14.0 Å². The van der Waals surface area contributed by atoms with Crippen molar-refractivity contribution in [1.82, 2.24) is 5.32 Å². The Bertz CT molecular complexity index is 478. The van der Waals surface area contributed by atoms with E-state index in [9.17, 15) is 35.4 Å². The highest BCUT2D eigenvalue weighted by atomic mass is 16.7. The van der Waals surface area contributed by atoms with Crippen LogP contribution in [-0.2, 0) is 23.7 Å². The zero-order valence-electron chi connectivity index (χ0n) is 14.9. The normalized spacial score (nSPS) is 45.5. The molecule has 1 amide bonds. The Labute approximate surface area is 155 Å². The standard InChI is InChI=1S/C15H27NO11/c1-5(19)16-8-11(22)9(20)6(3-17)25-14(8)27-13-10(21)7(4-18)26-15(24-2)12(13)23/h6-15,17-18,20-23H,3-4H2,1-2H3,(H,16,19)/t6-,7-,8-,9-,10-,11-,12-,13-,14+,15?/m1/s1. The lowest BCUT2D eigenvalue weighted by Crippen LogP contribution is -2.67. The summed E-state index contributed by atoms with van der Waals surface area (Å²) in [6.45, 7) is -0.0617. The molecule has 0 aromatic heterocycles. The molecule has 27 heavy (non-hydrogen) atoms. The predicted octanol–water partition coefficient (Wildman–Crippen LogP) is -4.60. The molecule has 2 saturated heterocycles. The van der Waals surface area contributed by atoms with E-state index in [2.05, 4.69) is 5.32 Å². The molecule has 12 heteroatoms. The number of methoxy groups -OCH3 is 1. The van der Waals surface area contributed by atoms with E-state index >= 15 is 0 Å². The summed E-state index contributed by atoms with van der Waals surface area (Å²) in [4.78, 5) is 11.4. The summed E-state index contributed by atoms with van der Waals surface area (Å²) in [6.07, 6.45) is -12.4. The first kappa shape index (κ1) is 22.4. The molecule has 2 aliphatic rings. The smallest absolute Gasteiger partial charge is 0.217 e. The van der Waals surface area contributed by atoms with Gasteiger partial charge in [0.05, 0.1) is 13.2 Å². The van der Waals surface area contributed by atoms with Crippen LogP contribution in [-0.4, -0.2) is 118 Å². The van der Waals surface area contributed by atoms with Crippen molar-refractivity contribution in [3.8, 4) is 0 Å². The Hall–Kier alpha value is -0.930. The number of amides is 1. The first-order valence-electron chi connectivity index (χ1n) is 8.45. The molecule has 10 atom stereocenters. The van der Waals surface area contributed by atoms with Crippen molar-refractivity contribution in [2.75, 3.05) is 20.3 Å². The lowest BCUT2D eigenvalue weighted by Gasteiger charge is -2.46. The number of hydrogen-bond acceptors (Lipinski definition) is 11. The molecule has 0 aromatic carbocycles. The third-order valence-electron chi connectivity index (χ3n) is 4.60. The zero-order valence-corrected chi connectivity index (χ0v) is 14.9. The highest BCUT2D eigenvalue weighted by molar-refractivity contribution is 5.73. The molecule has 158 valence electrons. The number of nitrogens with one attached hydrogen (secondary N) is 1. The Kier molecular flexibility index (Phi) is 7.88. The van der Waals surface area contributed by atoms with Crippen LogP contribution in [0.25, 0.3) is 0 Å². The SMILES string of the molecule is COC1O[C@H](CO)[C@@H](O)[C@@H](O[C@@H]2O[C@H](CO)[C@@H](O)[C@H](O)[C@H]2NC(C)=O)[C@H]1O. The molecule has 0 saturated carbocycles. The first-order chi connectivity index (χ1) is 12.7. The van der Waals surface area contributed by atoms with Crippen molar-refractivity contribution < 1.29 is 54.4 Å². The molecule has 0 bridgehead atoms. The summed E-state index contributed by atoms with van der Waals surface area (Å²) >= 11 is 0. The number of aliphatic hydroxyl groups is 6. The van der Waals surface area contributed by atoms with Crippen LogP contribution >= 0.6 is 0 Å². The second-order valence-electron chi connectivity index (χ2n) is 6.48. The third-order valence-corrected chi connectivity index (χ3v) is 4.60. The molecule has 12 nitrogen and oxygen atoms in total. The fourth-order valence-corrected chi connectivity index (χ4v) is 3.15. The number of ether oxygens (including phenoxy) is 4. The van der Waals surface area contributed by atoms with Gasteiger partial charge in [0.25, 0.3) is 0 Å². The van der Waals surface area contributed by atoms with Crippen molar-refractivity contribution in [1.29, 1.82) is 0 Å². The van der Waals surface area contributed by atoms with Gasteiger partial charge in [-0.1, -0.05) is 0 Å². The minimum absolute atomic E-state index is 0.554. The van der Waals surface area contributed by atoms with Crippen LogP contribution < -0.4 is 5.32 Å². The molecule has 2 aliphatic heterocycles. The largest absolute Gasteiger partial charge is 0.394 e. The van der Waals surface area contributed by atoms with Gasteiger partial charge in [-0.05, 0) is 0 Å². The maximum Gasteiger partial charge on any atom is 0.217 e. The van der Waals surface area contributed by atoms with Crippen LogP contribution in [0.3, 0.4) is 0 Å². The van der Waals surface area contributed by atoms with Gasteiger partial charge >= 0.3 is 0 Å². The van der Waals surface area contributed by atoms with E-state index in [1.807, 2.05) is 0 Å². The minimum Gasteiger partial charge on any atom is -0.394 e. The van der Waals surface area contributed by atoms with Gasteiger partial charge in [0.1, 0.15) is 48.8 Å². The van der Waals surface area contributed by atoms with E-state index in [0.29, 0.717) is 0 Å². The number of carbonyl (C=O) groups is 1. The van der Waals surface area contributed by atoms with Crippen LogP contribution in [0.2, 0.25) is 0 Å². The summed E-state index contributed by atoms with van der Waals surface area (Å²) in [5.74, 6) is -0.554. The van der Waals surface area contributed by atoms with Crippen molar-refractivity contribution in [2.45, 2.75) is 68.3 Å². The molecule has 1 unspecified atom stereocenters. The fraction of sp³-hybridized carbons (Fsp3) is 0.933. The number of carbonyl (C=O) groups excluding carboxylic acids is 1. The summed E-state index contributed by atoms with van der Waals surface area (Å²) in [5.41, 5.74) is 0. The van der Waals surface area contributed by atoms with Crippen LogP contribution in [0, 0.1) is 0 Å². The highest BCUT2D eigenvalue weighted by Crippen LogP contribution is 2.29. The third kappa shape index (κ3) is 4.74. The van der Waals surface area contributed by atoms with Crippen molar-refractivity contribution in [3.63, 3.8) is 0 Å². The zero-order chi connectivity index (χ0) is 20.3. The lowest BCUT2D eigenvalue weighted by molar-refractivity contribution is -0.344. The van der Waals surface area contributed by atoms with Crippen LogP contribution in [0.1, 0.15) is 6.92 Å². The molecule has 2 fully saturated rings. The van der Waals surface area contributed by atoms with E-state index in [-0.39, 0.29) is 0 Å². The summed E-state index contributed by atoms with van der Waals surface area (Å²) in [6, 6.07) is -1.25. The van der Waals surface area contributed by atoms with Crippen LogP contribution in [0.15, 0.2) is 0 Å². The maximum atomic E-state index is 11.4. The van der Waals surface area contributed by atoms with Gasteiger partial charge in [-0.2, -0.15) is 0 Å². The summed E-state index contributed by atoms with van der Waals surface area (Å²) in [7, 11) is 1.25. The summed E-state index contributed by atoms with van der Waals surface area (Å²) < 4.78 is 21.2. The molecular weight excluding hydrogens is 370 g/mol. The Morgan fingerprint density at radius 1 is 0.926 bits per heavy atom. The molecular formula is C15H27NO11. The van der Waals surface area contributed by atoms with E-state index in [4.69, 9.17) is 18.9 Å². The van der Waals surface area contributed by atoms with E-state index in [0.717, 1.165) is 0 Å².